The zero-order valence-electron chi connectivity index (χ0n) is 12.3. The van der Waals surface area contributed by atoms with E-state index in [1.165, 1.54) is 4.90 Å². The highest BCUT2D eigenvalue weighted by atomic mass is 16.2. The Morgan fingerprint density at radius 3 is 2.62 bits per heavy atom. The van der Waals surface area contributed by atoms with E-state index in [4.69, 9.17) is 5.11 Å². The lowest BCUT2D eigenvalue weighted by molar-refractivity contribution is -0.152. The Balaban J connectivity index is 2.25. The first kappa shape index (κ1) is 15.3. The van der Waals surface area contributed by atoms with Crippen LogP contribution in [0, 0.1) is 17.8 Å². The number of amides is 2. The van der Waals surface area contributed by atoms with Crippen LogP contribution in [-0.2, 0) is 9.59 Å². The highest BCUT2D eigenvalue weighted by Crippen LogP contribution is 2.28. The maximum atomic E-state index is 12.1. The van der Waals surface area contributed by atoms with Crippen LogP contribution in [0.25, 0.3) is 0 Å². The second kappa shape index (κ2) is 6.55. The van der Waals surface area contributed by atoms with Gasteiger partial charge in [0.25, 0.3) is 0 Å². The molecule has 21 heavy (non-hydrogen) atoms. The van der Waals surface area contributed by atoms with E-state index in [-0.39, 0.29) is 30.4 Å². The maximum absolute atomic E-state index is 12.1. The lowest BCUT2D eigenvalue weighted by Crippen LogP contribution is -2.44. The average molecular weight is 285 g/mol. The number of piperidine rings is 1. The second-order valence-corrected chi connectivity index (χ2v) is 5.43. The van der Waals surface area contributed by atoms with E-state index in [0.29, 0.717) is 12.8 Å². The number of nitrogens with zero attached hydrogens (tertiary/aromatic N) is 1. The van der Waals surface area contributed by atoms with Crippen LogP contribution in [0.5, 0.6) is 0 Å². The van der Waals surface area contributed by atoms with Crippen molar-refractivity contribution in [1.29, 1.82) is 0 Å². The highest BCUT2D eigenvalue weighted by molar-refractivity contribution is 5.98. The lowest BCUT2D eigenvalue weighted by atomic mass is 9.94. The van der Waals surface area contributed by atoms with Crippen molar-refractivity contribution in [1.82, 2.24) is 4.90 Å². The molecule has 4 nitrogen and oxygen atoms in total. The van der Waals surface area contributed by atoms with E-state index in [9.17, 15) is 9.59 Å². The first-order valence-corrected chi connectivity index (χ1v) is 7.07. The predicted octanol–water partition coefficient (Wildman–Crippen LogP) is 1.88. The smallest absolute Gasteiger partial charge is 0.230 e. The van der Waals surface area contributed by atoms with E-state index < -0.39 is 0 Å². The van der Waals surface area contributed by atoms with Crippen molar-refractivity contribution >= 4 is 11.8 Å². The minimum Gasteiger partial charge on any atom is -0.384 e. The predicted molar refractivity (Wildman–Crippen MR) is 79.1 cm³/mol. The Kier molecular flexibility index (Phi) is 4.77. The van der Waals surface area contributed by atoms with Crippen LogP contribution < -0.4 is 0 Å². The van der Waals surface area contributed by atoms with Gasteiger partial charge in [-0.3, -0.25) is 14.5 Å². The third-order valence-electron chi connectivity index (χ3n) is 3.65. The summed E-state index contributed by atoms with van der Waals surface area (Å²) in [6.45, 7) is 3.58. The van der Waals surface area contributed by atoms with Crippen LogP contribution in [0.2, 0.25) is 0 Å². The Bertz CT molecular complexity index is 594. The fourth-order valence-electron chi connectivity index (χ4n) is 2.60. The number of hydrogen-bond donors (Lipinski definition) is 1. The van der Waals surface area contributed by atoms with Crippen molar-refractivity contribution in [3.63, 3.8) is 0 Å². The molecule has 2 amide bonds. The monoisotopic (exact) mass is 285 g/mol. The molecule has 0 bridgehead atoms. The third-order valence-corrected chi connectivity index (χ3v) is 3.65. The molecule has 1 aromatic carbocycles. The van der Waals surface area contributed by atoms with Crippen molar-refractivity contribution in [3.05, 3.63) is 35.4 Å². The van der Waals surface area contributed by atoms with Crippen LogP contribution in [-0.4, -0.2) is 28.4 Å². The van der Waals surface area contributed by atoms with Crippen molar-refractivity contribution in [2.24, 2.45) is 5.92 Å². The molecule has 110 valence electrons. The van der Waals surface area contributed by atoms with Gasteiger partial charge in [0, 0.05) is 18.4 Å². The molecule has 1 unspecified atom stereocenters. The molecule has 1 atom stereocenters. The van der Waals surface area contributed by atoms with Crippen molar-refractivity contribution in [2.45, 2.75) is 32.7 Å². The molecule has 1 saturated heterocycles. The molecule has 1 fully saturated rings. The molecule has 0 radical (unpaired) electrons. The lowest BCUT2D eigenvalue weighted by Gasteiger charge is -2.33. The number of aliphatic hydroxyl groups is 1. The quantitative estimate of drug-likeness (QED) is 0.666. The standard InChI is InChI=1S/C17H19NO3/c1-12-9-16(20)18(17(21)10-12)13(2)15-7-3-5-14(11-15)6-4-8-19/h3,5,7,11-13,19H,8-10H2,1-2H3. The van der Waals surface area contributed by atoms with Gasteiger partial charge < -0.3 is 5.11 Å². The fourth-order valence-corrected chi connectivity index (χ4v) is 2.60. The number of aliphatic hydroxyl groups excluding tert-OH is 1. The second-order valence-electron chi connectivity index (χ2n) is 5.43. The van der Waals surface area contributed by atoms with Crippen molar-refractivity contribution in [3.8, 4) is 11.8 Å². The molecule has 0 aromatic heterocycles. The van der Waals surface area contributed by atoms with Crippen molar-refractivity contribution in [2.75, 3.05) is 6.61 Å². The molecule has 1 aliphatic rings. The van der Waals surface area contributed by atoms with Crippen LogP contribution in [0.15, 0.2) is 24.3 Å². The largest absolute Gasteiger partial charge is 0.384 e. The molecular formula is C17H19NO3. The van der Waals surface area contributed by atoms with Gasteiger partial charge in [0.15, 0.2) is 0 Å². The van der Waals surface area contributed by atoms with Gasteiger partial charge in [0.2, 0.25) is 11.8 Å². The molecule has 4 heteroatoms. The summed E-state index contributed by atoms with van der Waals surface area (Å²) in [6, 6.07) is 7.11. The van der Waals surface area contributed by atoms with E-state index in [2.05, 4.69) is 11.8 Å². The van der Waals surface area contributed by atoms with Gasteiger partial charge in [-0.05, 0) is 30.5 Å². The van der Waals surface area contributed by atoms with Gasteiger partial charge in [-0.15, -0.1) is 0 Å². The summed E-state index contributed by atoms with van der Waals surface area (Å²) in [5, 5.41) is 8.73. The number of carbonyl (C=O) groups excluding carboxylic acids is 2. The SMILES string of the molecule is CC1CC(=O)N(C(C)c2cccc(C#CCO)c2)C(=O)C1. The van der Waals surface area contributed by atoms with Gasteiger partial charge >= 0.3 is 0 Å². The van der Waals surface area contributed by atoms with E-state index >= 15 is 0 Å². The molecule has 1 aliphatic heterocycles. The number of rotatable bonds is 2. The summed E-state index contributed by atoms with van der Waals surface area (Å²) in [5.74, 6) is 5.32. The first-order valence-electron chi connectivity index (χ1n) is 7.07. The molecule has 1 heterocycles. The number of benzene rings is 1. The van der Waals surface area contributed by atoms with Gasteiger partial charge in [-0.25, -0.2) is 0 Å². The summed E-state index contributed by atoms with van der Waals surface area (Å²) in [5.41, 5.74) is 1.63. The molecule has 0 saturated carbocycles. The first-order chi connectivity index (χ1) is 10.0. The maximum Gasteiger partial charge on any atom is 0.230 e. The van der Waals surface area contributed by atoms with Gasteiger partial charge in [0.1, 0.15) is 6.61 Å². The number of carbonyl (C=O) groups is 2. The summed E-state index contributed by atoms with van der Waals surface area (Å²) in [4.78, 5) is 25.6. The normalized spacial score (nSPS) is 17.4. The molecule has 1 N–H and O–H groups in total. The average Bonchev–Trinajstić information content (AvgIpc) is 2.44. The van der Waals surface area contributed by atoms with Gasteiger partial charge in [0.05, 0.1) is 6.04 Å². The zero-order chi connectivity index (χ0) is 15.4. The van der Waals surface area contributed by atoms with E-state index in [0.717, 1.165) is 11.1 Å². The zero-order valence-corrected chi connectivity index (χ0v) is 12.3. The molecule has 0 spiro atoms. The fraction of sp³-hybridized carbons (Fsp3) is 0.412. The molecule has 0 aliphatic carbocycles. The number of hydrogen-bond acceptors (Lipinski definition) is 3. The Labute approximate surface area is 124 Å². The van der Waals surface area contributed by atoms with Crippen LogP contribution >= 0.6 is 0 Å². The summed E-state index contributed by atoms with van der Waals surface area (Å²) < 4.78 is 0. The van der Waals surface area contributed by atoms with E-state index in [1.54, 1.807) is 0 Å². The van der Waals surface area contributed by atoms with Crippen LogP contribution in [0.3, 0.4) is 0 Å². The topological polar surface area (TPSA) is 57.6 Å². The van der Waals surface area contributed by atoms with Crippen LogP contribution in [0.4, 0.5) is 0 Å². The molecular weight excluding hydrogens is 266 g/mol. The van der Waals surface area contributed by atoms with E-state index in [1.807, 2.05) is 38.1 Å². The third kappa shape index (κ3) is 3.50. The summed E-state index contributed by atoms with van der Waals surface area (Å²) in [6.07, 6.45) is 0.834. The number of likely N-dealkylation sites (tertiary alicyclic amines) is 1. The Morgan fingerprint density at radius 1 is 1.33 bits per heavy atom. The highest BCUT2D eigenvalue weighted by Gasteiger charge is 2.34. The van der Waals surface area contributed by atoms with Gasteiger partial charge in [-0.2, -0.15) is 0 Å². The van der Waals surface area contributed by atoms with Gasteiger partial charge in [-0.1, -0.05) is 30.9 Å². The minimum absolute atomic E-state index is 0.113. The molecule has 1 aromatic rings. The summed E-state index contributed by atoms with van der Waals surface area (Å²) in [7, 11) is 0. The summed E-state index contributed by atoms with van der Waals surface area (Å²) >= 11 is 0. The minimum atomic E-state index is -0.298. The number of imide groups is 1. The van der Waals surface area contributed by atoms with Crippen molar-refractivity contribution < 1.29 is 14.7 Å². The Morgan fingerprint density at radius 2 is 2.00 bits per heavy atom. The Hall–Kier alpha value is -2.12. The van der Waals surface area contributed by atoms with Crippen LogP contribution in [0.1, 0.15) is 43.9 Å². The molecule has 2 rings (SSSR count).